The molecule has 1 aromatic carbocycles. The molecule has 0 amide bonds. The van der Waals surface area contributed by atoms with E-state index < -0.39 is 0 Å². The number of rotatable bonds is 4. The summed E-state index contributed by atoms with van der Waals surface area (Å²) in [5.41, 5.74) is 1.37. The molecule has 1 unspecified atom stereocenters. The lowest BCUT2D eigenvalue weighted by molar-refractivity contribution is 0.124. The molecule has 1 atom stereocenters. The maximum absolute atomic E-state index is 12.7. The van der Waals surface area contributed by atoms with Crippen LogP contribution < -0.4 is 10.5 Å². The van der Waals surface area contributed by atoms with Gasteiger partial charge in [-0.05, 0) is 38.6 Å². The smallest absolute Gasteiger partial charge is 0.263 e. The molecule has 2 fully saturated rings. The lowest BCUT2D eigenvalue weighted by Gasteiger charge is -2.40. The highest BCUT2D eigenvalue weighted by atomic mass is 16.1. The Morgan fingerprint density at radius 2 is 1.87 bits per heavy atom. The fourth-order valence-corrected chi connectivity index (χ4v) is 4.63. The van der Waals surface area contributed by atoms with Crippen LogP contribution in [0.1, 0.15) is 19.3 Å². The number of fused-ring (bicyclic) bond motifs is 1. The summed E-state index contributed by atoms with van der Waals surface area (Å²) in [7, 11) is 2.25. The van der Waals surface area contributed by atoms with Gasteiger partial charge in [-0.25, -0.2) is 4.68 Å². The number of hydrogen-bond donors (Lipinski definition) is 1. The number of piperidine rings is 1. The summed E-state index contributed by atoms with van der Waals surface area (Å²) in [5.74, 6) is 0.639. The van der Waals surface area contributed by atoms with Crippen LogP contribution in [-0.2, 0) is 0 Å². The summed E-state index contributed by atoms with van der Waals surface area (Å²) in [5, 5.41) is 4.91. The van der Waals surface area contributed by atoms with Gasteiger partial charge in [0.1, 0.15) is 5.39 Å². The predicted octanol–water partition coefficient (Wildman–Crippen LogP) is 1.72. The summed E-state index contributed by atoms with van der Waals surface area (Å²) < 4.78 is 1.74. The molecule has 2 aromatic heterocycles. The van der Waals surface area contributed by atoms with Gasteiger partial charge in [-0.3, -0.25) is 14.7 Å². The van der Waals surface area contributed by atoms with E-state index in [0.29, 0.717) is 23.0 Å². The van der Waals surface area contributed by atoms with Gasteiger partial charge in [0, 0.05) is 38.8 Å². The number of likely N-dealkylation sites (tertiary alicyclic amines) is 1. The molecule has 0 aliphatic carbocycles. The molecular weight excluding hydrogens is 378 g/mol. The molecule has 0 radical (unpaired) electrons. The van der Waals surface area contributed by atoms with Crippen molar-refractivity contribution in [1.29, 1.82) is 0 Å². The lowest BCUT2D eigenvalue weighted by atomic mass is 10.0. The van der Waals surface area contributed by atoms with Crippen molar-refractivity contribution in [2.24, 2.45) is 0 Å². The molecule has 2 aliphatic rings. The fraction of sp³-hybridized carbons (Fsp3) is 0.500. The molecule has 3 aromatic rings. The van der Waals surface area contributed by atoms with Crippen LogP contribution in [0.15, 0.2) is 41.3 Å². The minimum absolute atomic E-state index is 0.136. The van der Waals surface area contributed by atoms with Crippen LogP contribution in [0.2, 0.25) is 0 Å². The Hall–Kier alpha value is -2.71. The van der Waals surface area contributed by atoms with E-state index in [9.17, 15) is 4.79 Å². The molecule has 158 valence electrons. The molecule has 8 heteroatoms. The first-order valence-electron chi connectivity index (χ1n) is 10.9. The second-order valence-electron chi connectivity index (χ2n) is 8.44. The number of para-hydroxylation sites is 1. The normalized spacial score (nSPS) is 21.4. The van der Waals surface area contributed by atoms with Crippen LogP contribution in [0.25, 0.3) is 16.7 Å². The average molecular weight is 408 g/mol. The van der Waals surface area contributed by atoms with E-state index in [1.807, 2.05) is 30.3 Å². The van der Waals surface area contributed by atoms with E-state index in [2.05, 4.69) is 31.8 Å². The van der Waals surface area contributed by atoms with Gasteiger partial charge in [0.15, 0.2) is 5.65 Å². The van der Waals surface area contributed by atoms with Crippen LogP contribution in [0, 0.1) is 0 Å². The molecule has 0 bridgehead atoms. The number of nitrogens with one attached hydrogen (secondary N) is 1. The zero-order valence-electron chi connectivity index (χ0n) is 17.5. The van der Waals surface area contributed by atoms with Crippen LogP contribution in [0.5, 0.6) is 0 Å². The number of aromatic amines is 1. The van der Waals surface area contributed by atoms with Gasteiger partial charge in [0.2, 0.25) is 5.95 Å². The summed E-state index contributed by atoms with van der Waals surface area (Å²) >= 11 is 0. The summed E-state index contributed by atoms with van der Waals surface area (Å²) in [6.07, 6.45) is 5.55. The van der Waals surface area contributed by atoms with Crippen molar-refractivity contribution in [2.75, 3.05) is 51.2 Å². The zero-order valence-corrected chi connectivity index (χ0v) is 17.5. The van der Waals surface area contributed by atoms with Crippen molar-refractivity contribution in [3.05, 3.63) is 46.9 Å². The molecule has 2 saturated heterocycles. The molecule has 8 nitrogen and oxygen atoms in total. The zero-order chi connectivity index (χ0) is 20.5. The standard InChI is InChI=1S/C22H29N7O/c1-26-10-6-5-9-18(26)16-27-11-13-28(14-12-27)22-24-20-19(21(30)25-22)15-23-29(20)17-7-3-2-4-8-17/h2-4,7-8,15,18H,5-6,9-14,16H2,1H3,(H,24,25,30). The highest BCUT2D eigenvalue weighted by Crippen LogP contribution is 2.19. The molecular formula is C22H29N7O. The van der Waals surface area contributed by atoms with Gasteiger partial charge in [0.25, 0.3) is 5.56 Å². The molecule has 0 saturated carbocycles. The maximum atomic E-state index is 12.7. The van der Waals surface area contributed by atoms with Crippen LogP contribution >= 0.6 is 0 Å². The number of H-pyrrole nitrogens is 1. The van der Waals surface area contributed by atoms with E-state index in [0.717, 1.165) is 38.4 Å². The van der Waals surface area contributed by atoms with Crippen LogP contribution in [-0.4, -0.2) is 81.9 Å². The van der Waals surface area contributed by atoms with Gasteiger partial charge in [-0.15, -0.1) is 0 Å². The van der Waals surface area contributed by atoms with Gasteiger partial charge in [-0.1, -0.05) is 24.6 Å². The van der Waals surface area contributed by atoms with Crippen molar-refractivity contribution in [1.82, 2.24) is 29.5 Å². The van der Waals surface area contributed by atoms with E-state index in [1.54, 1.807) is 10.9 Å². The number of likely N-dealkylation sites (N-methyl/N-ethyl adjacent to an activating group) is 1. The van der Waals surface area contributed by atoms with E-state index in [-0.39, 0.29) is 5.56 Å². The van der Waals surface area contributed by atoms with Crippen molar-refractivity contribution in [3.63, 3.8) is 0 Å². The molecule has 1 N–H and O–H groups in total. The van der Waals surface area contributed by atoms with Gasteiger partial charge >= 0.3 is 0 Å². The molecule has 0 spiro atoms. The Morgan fingerprint density at radius 3 is 2.63 bits per heavy atom. The summed E-state index contributed by atoms with van der Waals surface area (Å²) in [6.45, 7) is 6.06. The van der Waals surface area contributed by atoms with Crippen molar-refractivity contribution < 1.29 is 0 Å². The highest BCUT2D eigenvalue weighted by molar-refractivity contribution is 5.76. The second kappa shape index (κ2) is 8.20. The molecule has 2 aliphatic heterocycles. The summed E-state index contributed by atoms with van der Waals surface area (Å²) in [4.78, 5) is 27.7. The van der Waals surface area contributed by atoms with E-state index >= 15 is 0 Å². The number of nitrogens with zero attached hydrogens (tertiary/aromatic N) is 6. The number of benzene rings is 1. The first kappa shape index (κ1) is 19.3. The third-order valence-electron chi connectivity index (χ3n) is 6.49. The number of anilines is 1. The number of aromatic nitrogens is 4. The first-order chi connectivity index (χ1) is 14.7. The lowest BCUT2D eigenvalue weighted by Crippen LogP contribution is -2.52. The van der Waals surface area contributed by atoms with Crippen molar-refractivity contribution in [2.45, 2.75) is 25.3 Å². The minimum atomic E-state index is -0.136. The Balaban J connectivity index is 1.33. The molecule has 5 rings (SSSR count). The number of piperazine rings is 1. The second-order valence-corrected chi connectivity index (χ2v) is 8.44. The Kier molecular flexibility index (Phi) is 5.26. The third kappa shape index (κ3) is 3.73. The largest absolute Gasteiger partial charge is 0.340 e. The predicted molar refractivity (Wildman–Crippen MR) is 118 cm³/mol. The quantitative estimate of drug-likeness (QED) is 0.710. The number of hydrogen-bond acceptors (Lipinski definition) is 6. The molecule has 30 heavy (non-hydrogen) atoms. The third-order valence-corrected chi connectivity index (χ3v) is 6.49. The van der Waals surface area contributed by atoms with Crippen LogP contribution in [0.3, 0.4) is 0 Å². The van der Waals surface area contributed by atoms with Crippen molar-refractivity contribution >= 4 is 17.0 Å². The highest BCUT2D eigenvalue weighted by Gasteiger charge is 2.25. The Morgan fingerprint density at radius 1 is 1.07 bits per heavy atom. The van der Waals surface area contributed by atoms with Crippen molar-refractivity contribution in [3.8, 4) is 5.69 Å². The van der Waals surface area contributed by atoms with Gasteiger partial charge in [-0.2, -0.15) is 10.1 Å². The fourth-order valence-electron chi connectivity index (χ4n) is 4.63. The summed E-state index contributed by atoms with van der Waals surface area (Å²) in [6, 6.07) is 10.5. The SMILES string of the molecule is CN1CCCCC1CN1CCN(c2nc3c(cnn3-c3ccccc3)c(=O)[nH]2)CC1. The van der Waals surface area contributed by atoms with E-state index in [1.165, 1.54) is 25.8 Å². The molecule has 4 heterocycles. The van der Waals surface area contributed by atoms with Crippen LogP contribution in [0.4, 0.5) is 5.95 Å². The van der Waals surface area contributed by atoms with Gasteiger partial charge in [0.05, 0.1) is 11.9 Å². The monoisotopic (exact) mass is 407 g/mol. The van der Waals surface area contributed by atoms with E-state index in [4.69, 9.17) is 4.98 Å². The Bertz CT molecular complexity index is 1050. The topological polar surface area (TPSA) is 73.3 Å². The minimum Gasteiger partial charge on any atom is -0.340 e. The first-order valence-corrected chi connectivity index (χ1v) is 10.9. The van der Waals surface area contributed by atoms with Gasteiger partial charge < -0.3 is 9.80 Å². The Labute approximate surface area is 176 Å². The average Bonchev–Trinajstić information content (AvgIpc) is 3.21. The maximum Gasteiger partial charge on any atom is 0.263 e.